The minimum Gasteiger partial charge on any atom is -0.379 e. The van der Waals surface area contributed by atoms with Crippen LogP contribution in [-0.4, -0.2) is 86.0 Å². The van der Waals surface area contributed by atoms with Crippen LogP contribution in [0.1, 0.15) is 53.4 Å². The molecule has 6 heteroatoms. The Kier molecular flexibility index (Phi) is 5.76. The lowest BCUT2D eigenvalue weighted by atomic mass is 9.51. The summed E-state index contributed by atoms with van der Waals surface area (Å²) < 4.78 is 11.4. The Morgan fingerprint density at radius 1 is 0.656 bits per heavy atom. The summed E-state index contributed by atoms with van der Waals surface area (Å²) in [4.78, 5) is 5.60. The molecule has 0 amide bonds. The molecular weight excluding hydrogens is 436 g/mol. The highest BCUT2D eigenvalue weighted by Crippen LogP contribution is 2.75. The van der Waals surface area contributed by atoms with Crippen molar-refractivity contribution in [2.24, 2.45) is 33.5 Å². The summed E-state index contributed by atoms with van der Waals surface area (Å²) >= 11 is 0. The van der Waals surface area contributed by atoms with Crippen LogP contribution in [-0.2, 0) is 9.47 Å². The van der Waals surface area contributed by atoms with Crippen LogP contribution in [0.4, 0.5) is 0 Å². The lowest BCUT2D eigenvalue weighted by Gasteiger charge is -2.59. The third-order valence-corrected chi connectivity index (χ3v) is 14.4. The van der Waals surface area contributed by atoms with E-state index in [1.54, 1.807) is 0 Å². The van der Waals surface area contributed by atoms with Gasteiger partial charge in [-0.2, -0.15) is 0 Å². The maximum Gasteiger partial charge on any atom is 0.0594 e. The van der Waals surface area contributed by atoms with Crippen molar-refractivity contribution in [2.75, 3.05) is 64.1 Å². The van der Waals surface area contributed by atoms with Crippen molar-refractivity contribution in [1.29, 1.82) is 0 Å². The standard InChI is InChI=1S/C26H44N2O2S2/c1-23(2)19-13-21(27-5-9-29-10-6-27)25(23,15-19)17-31-32-18-26-16-20(24(26,3)4)14-22(26)28-7-11-30-12-8-28/h19-22H,5-18H2,1-4H3/t19?,20?,21?,22?,25-,26?/m0/s1. The average Bonchev–Trinajstić information content (AvgIpc) is 3.51. The van der Waals surface area contributed by atoms with Crippen LogP contribution in [0, 0.1) is 33.5 Å². The molecule has 4 bridgehead atoms. The molecule has 5 unspecified atom stereocenters. The molecule has 0 aromatic rings. The van der Waals surface area contributed by atoms with Crippen molar-refractivity contribution in [3.63, 3.8) is 0 Å². The molecule has 6 aliphatic carbocycles. The normalized spacial score (nSPS) is 47.2. The van der Waals surface area contributed by atoms with Crippen LogP contribution in [0.3, 0.4) is 0 Å². The number of fused-ring (bicyclic) bond motifs is 2. The predicted molar refractivity (Wildman–Crippen MR) is 135 cm³/mol. The van der Waals surface area contributed by atoms with Gasteiger partial charge in [-0.1, -0.05) is 49.3 Å². The van der Waals surface area contributed by atoms with Crippen molar-refractivity contribution in [1.82, 2.24) is 9.80 Å². The van der Waals surface area contributed by atoms with E-state index in [4.69, 9.17) is 9.47 Å². The van der Waals surface area contributed by atoms with Gasteiger partial charge in [0.25, 0.3) is 0 Å². The summed E-state index contributed by atoms with van der Waals surface area (Å²) in [6.07, 6.45) is 5.78. The van der Waals surface area contributed by atoms with Crippen molar-refractivity contribution in [3.8, 4) is 0 Å². The Labute approximate surface area is 203 Å². The summed E-state index contributed by atoms with van der Waals surface area (Å²) in [5.74, 6) is 4.55. The minimum atomic E-state index is 0.506. The van der Waals surface area contributed by atoms with Gasteiger partial charge in [-0.3, -0.25) is 9.80 Å². The van der Waals surface area contributed by atoms with Crippen LogP contribution >= 0.6 is 21.6 Å². The van der Waals surface area contributed by atoms with Gasteiger partial charge in [0.15, 0.2) is 0 Å². The molecule has 8 aliphatic rings. The summed E-state index contributed by atoms with van der Waals surface area (Å²) in [5, 5.41) is 0. The van der Waals surface area contributed by atoms with E-state index in [0.717, 1.165) is 76.5 Å². The van der Waals surface area contributed by atoms with Crippen LogP contribution in [0.25, 0.3) is 0 Å². The average molecular weight is 481 g/mol. The van der Waals surface area contributed by atoms with Crippen molar-refractivity contribution in [2.45, 2.75) is 65.5 Å². The number of hydrogen-bond acceptors (Lipinski definition) is 6. The van der Waals surface area contributed by atoms with Gasteiger partial charge >= 0.3 is 0 Å². The van der Waals surface area contributed by atoms with E-state index in [1.165, 1.54) is 37.2 Å². The topological polar surface area (TPSA) is 24.9 Å². The minimum absolute atomic E-state index is 0.506. The smallest absolute Gasteiger partial charge is 0.0594 e. The number of nitrogens with zero attached hydrogens (tertiary/aromatic N) is 2. The summed E-state index contributed by atoms with van der Waals surface area (Å²) in [6, 6.07) is 1.57. The molecule has 32 heavy (non-hydrogen) atoms. The highest BCUT2D eigenvalue weighted by Gasteiger charge is 2.71. The second kappa shape index (κ2) is 8.03. The summed E-state index contributed by atoms with van der Waals surface area (Å²) in [5.41, 5.74) is 2.04. The number of rotatable bonds is 7. The van der Waals surface area contributed by atoms with E-state index in [1.807, 2.05) is 0 Å². The van der Waals surface area contributed by atoms with E-state index in [-0.39, 0.29) is 0 Å². The molecule has 8 fully saturated rings. The van der Waals surface area contributed by atoms with Crippen LogP contribution in [0.15, 0.2) is 0 Å². The number of hydrogen-bond donors (Lipinski definition) is 0. The molecular formula is C26H44N2O2S2. The van der Waals surface area contributed by atoms with E-state index in [0.29, 0.717) is 21.7 Å². The van der Waals surface area contributed by atoms with Crippen molar-refractivity contribution >= 4 is 21.6 Å². The zero-order valence-electron chi connectivity index (χ0n) is 20.7. The first-order valence-electron chi connectivity index (χ1n) is 13.2. The third-order valence-electron chi connectivity index (χ3n) is 11.8. The molecule has 0 aromatic heterocycles. The molecule has 8 rings (SSSR count). The van der Waals surface area contributed by atoms with Gasteiger partial charge in [0, 0.05) is 60.6 Å². The second-order valence-corrected chi connectivity index (χ2v) is 15.3. The number of ether oxygens (including phenoxy) is 2. The van der Waals surface area contributed by atoms with Gasteiger partial charge in [-0.05, 0) is 48.3 Å². The number of morpholine rings is 2. The van der Waals surface area contributed by atoms with Crippen LogP contribution < -0.4 is 0 Å². The van der Waals surface area contributed by atoms with Crippen molar-refractivity contribution in [3.05, 3.63) is 0 Å². The predicted octanol–water partition coefficient (Wildman–Crippen LogP) is 4.64. The van der Waals surface area contributed by atoms with Gasteiger partial charge in [-0.25, -0.2) is 0 Å². The maximum atomic E-state index is 5.68. The zero-order valence-corrected chi connectivity index (χ0v) is 22.4. The van der Waals surface area contributed by atoms with Gasteiger partial charge in [0.1, 0.15) is 0 Å². The molecule has 4 nitrogen and oxygen atoms in total. The van der Waals surface area contributed by atoms with E-state index in [9.17, 15) is 0 Å². The fraction of sp³-hybridized carbons (Fsp3) is 1.00. The Balaban J connectivity index is 1.11. The van der Waals surface area contributed by atoms with Crippen molar-refractivity contribution < 1.29 is 9.47 Å². The van der Waals surface area contributed by atoms with Gasteiger partial charge in [-0.15, -0.1) is 0 Å². The first-order chi connectivity index (χ1) is 15.3. The Hall–Kier alpha value is 0.540. The molecule has 6 atom stereocenters. The fourth-order valence-corrected chi connectivity index (χ4v) is 12.8. The largest absolute Gasteiger partial charge is 0.379 e. The van der Waals surface area contributed by atoms with Gasteiger partial charge < -0.3 is 9.47 Å². The zero-order chi connectivity index (χ0) is 22.2. The lowest BCUT2D eigenvalue weighted by Crippen LogP contribution is -2.59. The quantitative estimate of drug-likeness (QED) is 0.389. The molecule has 0 N–H and O–H groups in total. The first kappa shape index (κ1) is 23.0. The molecule has 182 valence electrons. The van der Waals surface area contributed by atoms with Gasteiger partial charge in [0.05, 0.1) is 26.4 Å². The molecule has 2 heterocycles. The Bertz CT molecular complexity index is 661. The molecule has 6 saturated carbocycles. The third kappa shape index (κ3) is 3.05. The maximum absolute atomic E-state index is 5.68. The summed E-state index contributed by atoms with van der Waals surface area (Å²) in [6.45, 7) is 18.6. The highest BCUT2D eigenvalue weighted by atomic mass is 33.1. The first-order valence-corrected chi connectivity index (χ1v) is 15.7. The lowest BCUT2D eigenvalue weighted by molar-refractivity contribution is -0.0816. The molecule has 2 aliphatic heterocycles. The fourth-order valence-electron chi connectivity index (χ4n) is 9.09. The van der Waals surface area contributed by atoms with E-state index < -0.39 is 0 Å². The second-order valence-electron chi connectivity index (χ2n) is 12.9. The monoisotopic (exact) mass is 480 g/mol. The molecule has 0 radical (unpaired) electrons. The summed E-state index contributed by atoms with van der Waals surface area (Å²) in [7, 11) is 4.46. The Morgan fingerprint density at radius 2 is 1.03 bits per heavy atom. The molecule has 0 aromatic carbocycles. The van der Waals surface area contributed by atoms with Crippen LogP contribution in [0.5, 0.6) is 0 Å². The molecule has 0 spiro atoms. The van der Waals surface area contributed by atoms with E-state index in [2.05, 4.69) is 59.1 Å². The molecule has 2 saturated heterocycles. The van der Waals surface area contributed by atoms with Crippen LogP contribution in [0.2, 0.25) is 0 Å². The Morgan fingerprint density at radius 3 is 1.38 bits per heavy atom. The SMILES string of the molecule is CC1(C)C2CC(N3CCOCC3)C1(CSSC[C@@]13CC(CC1N1CCOCC1)C3(C)C)C2. The highest BCUT2D eigenvalue weighted by molar-refractivity contribution is 8.76. The van der Waals surface area contributed by atoms with E-state index >= 15 is 0 Å². The van der Waals surface area contributed by atoms with Gasteiger partial charge in [0.2, 0.25) is 0 Å².